The smallest absolute Gasteiger partial charge is 0.348 e. The van der Waals surface area contributed by atoms with Crippen LogP contribution in [0.4, 0.5) is 4.79 Å². The van der Waals surface area contributed by atoms with Gasteiger partial charge in [-0.15, -0.1) is 11.3 Å². The number of carbonyl (C=O) groups is 3. The monoisotopic (exact) mass is 497 g/mol. The molecule has 0 aromatic carbocycles. The van der Waals surface area contributed by atoms with Crippen molar-refractivity contribution in [3.05, 3.63) is 57.3 Å². The number of ether oxygens (including phenoxy) is 2. The fourth-order valence-corrected chi connectivity index (χ4v) is 4.41. The van der Waals surface area contributed by atoms with Crippen LogP contribution in [-0.4, -0.2) is 52.4 Å². The Morgan fingerprint density at radius 2 is 2.00 bits per heavy atom. The molecule has 0 spiro atoms. The quantitative estimate of drug-likeness (QED) is 0.417. The summed E-state index contributed by atoms with van der Waals surface area (Å²) in [6.07, 6.45) is 2.89. The number of hydrogen-bond donors (Lipinski definition) is 3. The molecule has 3 N–H and O–H groups in total. The van der Waals surface area contributed by atoms with Crippen molar-refractivity contribution >= 4 is 39.3 Å². The molecule has 0 saturated heterocycles. The van der Waals surface area contributed by atoms with Crippen molar-refractivity contribution in [3.63, 3.8) is 0 Å². The Labute approximate surface area is 194 Å². The summed E-state index contributed by atoms with van der Waals surface area (Å²) in [4.78, 5) is 38.4. The molecule has 0 bridgehead atoms. The fraction of sp³-hybridized carbons (Fsp3) is 0.350. The minimum atomic E-state index is -3.29. The molecule has 3 heterocycles. The van der Waals surface area contributed by atoms with Crippen molar-refractivity contribution in [2.24, 2.45) is 0 Å². The zero-order chi connectivity index (χ0) is 24.0. The molecule has 1 aliphatic rings. The summed E-state index contributed by atoms with van der Waals surface area (Å²) < 4.78 is 40.5. The Kier molecular flexibility index (Phi) is 7.89. The molecule has 2 aromatic rings. The molecule has 2 aromatic heterocycles. The molecular weight excluding hydrogens is 474 g/mol. The van der Waals surface area contributed by atoms with Crippen LogP contribution in [0.5, 0.6) is 0 Å². The van der Waals surface area contributed by atoms with Gasteiger partial charge in [0.25, 0.3) is 0 Å². The Balaban J connectivity index is 1.73. The first-order chi connectivity index (χ1) is 15.7. The van der Waals surface area contributed by atoms with E-state index >= 15 is 0 Å². The van der Waals surface area contributed by atoms with Crippen molar-refractivity contribution in [2.75, 3.05) is 26.0 Å². The van der Waals surface area contributed by atoms with Crippen LogP contribution in [0.3, 0.4) is 0 Å². The molecule has 0 fully saturated rings. The number of carbonyl (C=O) groups excluding carboxylic acids is 3. The maximum Gasteiger partial charge on any atom is 0.348 e. The van der Waals surface area contributed by atoms with Crippen molar-refractivity contribution in [1.82, 2.24) is 15.4 Å². The molecule has 0 unspecified atom stereocenters. The molecule has 178 valence electrons. The lowest BCUT2D eigenvalue weighted by Gasteiger charge is -2.27. The lowest BCUT2D eigenvalue weighted by Crippen LogP contribution is -2.47. The van der Waals surface area contributed by atoms with E-state index in [1.54, 1.807) is 31.2 Å². The van der Waals surface area contributed by atoms with Crippen molar-refractivity contribution < 1.29 is 36.7 Å². The van der Waals surface area contributed by atoms with E-state index in [1.807, 2.05) is 0 Å². The first kappa shape index (κ1) is 24.5. The van der Waals surface area contributed by atoms with E-state index in [4.69, 9.17) is 13.9 Å². The van der Waals surface area contributed by atoms with Crippen molar-refractivity contribution in [2.45, 2.75) is 19.4 Å². The normalized spacial score (nSPS) is 16.2. The van der Waals surface area contributed by atoms with Gasteiger partial charge < -0.3 is 24.5 Å². The second-order valence-electron chi connectivity index (χ2n) is 6.92. The molecule has 0 saturated carbocycles. The molecule has 3 rings (SSSR count). The number of amides is 2. The van der Waals surface area contributed by atoms with Gasteiger partial charge in [0.05, 0.1) is 30.4 Å². The lowest BCUT2D eigenvalue weighted by atomic mass is 10.0. The maximum atomic E-state index is 12.6. The molecule has 0 radical (unpaired) electrons. The third-order valence-electron chi connectivity index (χ3n) is 4.42. The molecule has 13 heteroatoms. The van der Waals surface area contributed by atoms with Gasteiger partial charge in [0.15, 0.2) is 0 Å². The molecule has 2 amide bonds. The first-order valence-electron chi connectivity index (χ1n) is 9.89. The summed E-state index contributed by atoms with van der Waals surface area (Å²) >= 11 is 1.16. The van der Waals surface area contributed by atoms with Gasteiger partial charge in [-0.05, 0) is 37.6 Å². The van der Waals surface area contributed by atoms with Crippen LogP contribution in [0.2, 0.25) is 0 Å². The summed E-state index contributed by atoms with van der Waals surface area (Å²) in [6.45, 7) is 1.59. The standard InChI is InChI=1S/C20H23N3O8S2/c1-3-29-19(25)16-13(22-20(26)23-17(16)14-5-4-10-30-14)11-31-18(24)15-7-6-12(32-15)8-9-21-33(2,27)28/h4-7,10,17,21H,3,8-9,11H2,1-2H3,(H2,22,23,26)/t17-/m1/s1. The van der Waals surface area contributed by atoms with Crippen LogP contribution in [0.1, 0.15) is 33.3 Å². The second kappa shape index (κ2) is 10.6. The van der Waals surface area contributed by atoms with E-state index < -0.39 is 34.0 Å². The highest BCUT2D eigenvalue weighted by molar-refractivity contribution is 7.88. The molecule has 11 nitrogen and oxygen atoms in total. The maximum absolute atomic E-state index is 12.6. The van der Waals surface area contributed by atoms with Crippen LogP contribution in [-0.2, 0) is 30.7 Å². The van der Waals surface area contributed by atoms with Gasteiger partial charge in [0, 0.05) is 11.4 Å². The van der Waals surface area contributed by atoms with Gasteiger partial charge >= 0.3 is 18.0 Å². The minimum Gasteiger partial charge on any atom is -0.467 e. The Hall–Kier alpha value is -3.16. The number of nitrogens with one attached hydrogen (secondary N) is 3. The lowest BCUT2D eigenvalue weighted by molar-refractivity contribution is -0.139. The zero-order valence-electron chi connectivity index (χ0n) is 17.9. The minimum absolute atomic E-state index is 0.0675. The second-order valence-corrected chi connectivity index (χ2v) is 9.92. The zero-order valence-corrected chi connectivity index (χ0v) is 19.5. The predicted octanol–water partition coefficient (Wildman–Crippen LogP) is 1.46. The number of furan rings is 1. The van der Waals surface area contributed by atoms with Gasteiger partial charge in [-0.3, -0.25) is 0 Å². The van der Waals surface area contributed by atoms with E-state index in [-0.39, 0.29) is 31.0 Å². The van der Waals surface area contributed by atoms with Gasteiger partial charge in [-0.25, -0.2) is 27.5 Å². The van der Waals surface area contributed by atoms with Crippen LogP contribution in [0, 0.1) is 0 Å². The van der Waals surface area contributed by atoms with E-state index in [0.29, 0.717) is 17.1 Å². The van der Waals surface area contributed by atoms with Crippen molar-refractivity contribution in [3.8, 4) is 0 Å². The Bertz CT molecular complexity index is 1150. The third-order valence-corrected chi connectivity index (χ3v) is 6.28. The molecule has 1 aliphatic heterocycles. The Morgan fingerprint density at radius 3 is 2.67 bits per heavy atom. The van der Waals surface area contributed by atoms with Crippen LogP contribution in [0.15, 0.2) is 46.2 Å². The highest BCUT2D eigenvalue weighted by Crippen LogP contribution is 2.28. The van der Waals surface area contributed by atoms with Gasteiger partial charge in [-0.2, -0.15) is 0 Å². The number of thiophene rings is 1. The number of rotatable bonds is 10. The average Bonchev–Trinajstić information content (AvgIpc) is 3.43. The van der Waals surface area contributed by atoms with E-state index in [0.717, 1.165) is 22.5 Å². The molecule has 1 atom stereocenters. The highest BCUT2D eigenvalue weighted by atomic mass is 32.2. The first-order valence-corrected chi connectivity index (χ1v) is 12.6. The van der Waals surface area contributed by atoms with Gasteiger partial charge in [0.2, 0.25) is 10.0 Å². The van der Waals surface area contributed by atoms with Crippen molar-refractivity contribution in [1.29, 1.82) is 0 Å². The number of urea groups is 1. The van der Waals surface area contributed by atoms with E-state index in [9.17, 15) is 22.8 Å². The highest BCUT2D eigenvalue weighted by Gasteiger charge is 2.35. The fourth-order valence-electron chi connectivity index (χ4n) is 3.04. The van der Waals surface area contributed by atoms with Crippen LogP contribution >= 0.6 is 11.3 Å². The summed E-state index contributed by atoms with van der Waals surface area (Å²) in [5, 5.41) is 5.10. The summed E-state index contributed by atoms with van der Waals surface area (Å²) in [6, 6.07) is 4.99. The Morgan fingerprint density at radius 1 is 1.21 bits per heavy atom. The third kappa shape index (κ3) is 6.66. The van der Waals surface area contributed by atoms with Crippen LogP contribution < -0.4 is 15.4 Å². The molecule has 0 aliphatic carbocycles. The molecule has 33 heavy (non-hydrogen) atoms. The van der Waals surface area contributed by atoms with Gasteiger partial charge in [0.1, 0.15) is 23.3 Å². The number of hydrogen-bond acceptors (Lipinski definition) is 9. The predicted molar refractivity (Wildman–Crippen MR) is 118 cm³/mol. The summed E-state index contributed by atoms with van der Waals surface area (Å²) in [5.41, 5.74) is 0.152. The van der Waals surface area contributed by atoms with Crippen LogP contribution in [0.25, 0.3) is 0 Å². The van der Waals surface area contributed by atoms with Gasteiger partial charge in [-0.1, -0.05) is 0 Å². The summed E-state index contributed by atoms with van der Waals surface area (Å²) in [5.74, 6) is -1.02. The summed E-state index contributed by atoms with van der Waals surface area (Å²) in [7, 11) is -3.29. The topological polar surface area (TPSA) is 153 Å². The molecular formula is C20H23N3O8S2. The number of sulfonamides is 1. The largest absolute Gasteiger partial charge is 0.467 e. The number of esters is 2. The van der Waals surface area contributed by atoms with E-state index in [2.05, 4.69) is 15.4 Å². The van der Waals surface area contributed by atoms with E-state index in [1.165, 1.54) is 6.26 Å². The SMILES string of the molecule is CCOC(=O)C1=C(COC(=O)c2ccc(CCNS(C)(=O)=O)s2)NC(=O)N[C@@H]1c1ccco1. The average molecular weight is 498 g/mol.